The smallest absolute Gasteiger partial charge is 0.0590 e. The molecular weight excluding hydrogens is 206 g/mol. The Labute approximate surface area is 87.1 Å². The van der Waals surface area contributed by atoms with Crippen LogP contribution in [0.4, 0.5) is 0 Å². The summed E-state index contributed by atoms with van der Waals surface area (Å²) in [5.41, 5.74) is 5.56. The molecule has 0 amide bonds. The number of halogens is 1. The maximum absolute atomic E-state index is 8.70. The maximum Gasteiger partial charge on any atom is 0.0590 e. The molecule has 1 rings (SSSR count). The van der Waals surface area contributed by atoms with Crippen molar-refractivity contribution >= 4 is 23.4 Å². The summed E-state index contributed by atoms with van der Waals surface area (Å²) >= 11 is 7.40. The van der Waals surface area contributed by atoms with Gasteiger partial charge in [-0.15, -0.1) is 11.8 Å². The fraction of sp³-hybridized carbons (Fsp3) is 0.333. The van der Waals surface area contributed by atoms with Crippen LogP contribution in [0.3, 0.4) is 0 Å². The number of benzene rings is 1. The van der Waals surface area contributed by atoms with E-state index in [1.165, 1.54) is 0 Å². The highest BCUT2D eigenvalue weighted by molar-refractivity contribution is 7.99. The van der Waals surface area contributed by atoms with E-state index in [9.17, 15) is 0 Å². The van der Waals surface area contributed by atoms with Crippen LogP contribution in [-0.4, -0.2) is 23.5 Å². The minimum Gasteiger partial charge on any atom is -0.395 e. The number of hydrogen-bond acceptors (Lipinski definition) is 3. The summed E-state index contributed by atoms with van der Waals surface area (Å²) in [4.78, 5) is 1.08. The Morgan fingerprint density at radius 1 is 1.54 bits per heavy atom. The highest BCUT2D eigenvalue weighted by atomic mass is 35.5. The number of rotatable bonds is 4. The summed E-state index contributed by atoms with van der Waals surface area (Å²) in [5, 5.41) is 9.43. The molecule has 0 radical (unpaired) electrons. The van der Waals surface area contributed by atoms with E-state index in [1.54, 1.807) is 11.8 Å². The van der Waals surface area contributed by atoms with E-state index in [2.05, 4.69) is 0 Å². The molecule has 0 saturated heterocycles. The Kier molecular flexibility index (Phi) is 4.59. The van der Waals surface area contributed by atoms with Crippen LogP contribution in [0.2, 0.25) is 5.02 Å². The van der Waals surface area contributed by atoms with Gasteiger partial charge in [-0.1, -0.05) is 17.7 Å². The van der Waals surface area contributed by atoms with Gasteiger partial charge in [0.1, 0.15) is 0 Å². The molecule has 72 valence electrons. The van der Waals surface area contributed by atoms with Crippen LogP contribution in [0.15, 0.2) is 29.2 Å². The molecule has 0 heterocycles. The molecule has 0 aliphatic rings. The molecule has 0 saturated carbocycles. The van der Waals surface area contributed by atoms with E-state index in [4.69, 9.17) is 22.4 Å². The summed E-state index contributed by atoms with van der Waals surface area (Å²) in [7, 11) is 0. The minimum absolute atomic E-state index is 0.0214. The highest BCUT2D eigenvalue weighted by Crippen LogP contribution is 2.21. The predicted molar refractivity (Wildman–Crippen MR) is 57.2 cm³/mol. The van der Waals surface area contributed by atoms with Gasteiger partial charge >= 0.3 is 0 Å². The summed E-state index contributed by atoms with van der Waals surface area (Å²) in [5.74, 6) is 0.705. The fourth-order valence-corrected chi connectivity index (χ4v) is 1.96. The predicted octanol–water partition coefficient (Wildman–Crippen LogP) is 1.75. The van der Waals surface area contributed by atoms with E-state index in [1.807, 2.05) is 24.3 Å². The molecule has 2 nitrogen and oxygen atoms in total. The van der Waals surface area contributed by atoms with Crippen molar-refractivity contribution in [1.29, 1.82) is 0 Å². The first-order chi connectivity index (χ1) is 6.22. The van der Waals surface area contributed by atoms with Crippen LogP contribution in [-0.2, 0) is 0 Å². The molecule has 0 fully saturated rings. The molecule has 1 unspecified atom stereocenters. The standard InChI is InChI=1S/C9H12ClNOS/c10-7-2-1-3-9(4-7)13-6-8(11)5-12/h1-4,8,12H,5-6,11H2. The first kappa shape index (κ1) is 10.9. The van der Waals surface area contributed by atoms with E-state index in [-0.39, 0.29) is 12.6 Å². The largest absolute Gasteiger partial charge is 0.395 e. The average Bonchev–Trinajstić information content (AvgIpc) is 2.14. The summed E-state index contributed by atoms with van der Waals surface area (Å²) < 4.78 is 0. The Balaban J connectivity index is 2.45. The van der Waals surface area contributed by atoms with Crippen LogP contribution < -0.4 is 5.73 Å². The second kappa shape index (κ2) is 5.50. The molecule has 1 atom stereocenters. The van der Waals surface area contributed by atoms with Crippen LogP contribution >= 0.6 is 23.4 Å². The molecular formula is C9H12ClNOS. The van der Waals surface area contributed by atoms with Gasteiger partial charge < -0.3 is 10.8 Å². The third-order valence-electron chi connectivity index (χ3n) is 1.49. The van der Waals surface area contributed by atoms with Crippen LogP contribution in [0, 0.1) is 0 Å². The van der Waals surface area contributed by atoms with Crippen molar-refractivity contribution in [2.24, 2.45) is 5.73 Å². The van der Waals surface area contributed by atoms with Crippen molar-refractivity contribution in [3.05, 3.63) is 29.3 Å². The Hall–Kier alpha value is -0.220. The number of nitrogens with two attached hydrogens (primary N) is 1. The molecule has 3 N–H and O–H groups in total. The molecule has 0 aromatic heterocycles. The molecule has 1 aromatic carbocycles. The van der Waals surface area contributed by atoms with Gasteiger partial charge in [-0.05, 0) is 18.2 Å². The topological polar surface area (TPSA) is 46.2 Å². The van der Waals surface area contributed by atoms with E-state index < -0.39 is 0 Å². The van der Waals surface area contributed by atoms with Gasteiger partial charge in [0.15, 0.2) is 0 Å². The third kappa shape index (κ3) is 4.00. The van der Waals surface area contributed by atoms with Crippen LogP contribution in [0.5, 0.6) is 0 Å². The lowest BCUT2D eigenvalue weighted by Gasteiger charge is -2.07. The van der Waals surface area contributed by atoms with Crippen molar-refractivity contribution in [2.45, 2.75) is 10.9 Å². The molecule has 0 spiro atoms. The van der Waals surface area contributed by atoms with Gasteiger partial charge in [0.25, 0.3) is 0 Å². The van der Waals surface area contributed by atoms with Crippen molar-refractivity contribution in [3.8, 4) is 0 Å². The van der Waals surface area contributed by atoms with E-state index in [0.717, 1.165) is 9.92 Å². The fourth-order valence-electron chi connectivity index (χ4n) is 0.813. The summed E-state index contributed by atoms with van der Waals surface area (Å²) in [6, 6.07) is 7.42. The molecule has 0 bridgehead atoms. The lowest BCUT2D eigenvalue weighted by Crippen LogP contribution is -2.26. The second-order valence-electron chi connectivity index (χ2n) is 2.71. The average molecular weight is 218 g/mol. The molecule has 1 aromatic rings. The summed E-state index contributed by atoms with van der Waals surface area (Å²) in [6.45, 7) is 0.0214. The normalized spacial score (nSPS) is 12.8. The molecule has 4 heteroatoms. The first-order valence-corrected chi connectivity index (χ1v) is 5.33. The van der Waals surface area contributed by atoms with Crippen LogP contribution in [0.1, 0.15) is 0 Å². The zero-order chi connectivity index (χ0) is 9.68. The molecule has 0 aliphatic heterocycles. The second-order valence-corrected chi connectivity index (χ2v) is 4.24. The SMILES string of the molecule is NC(CO)CSc1cccc(Cl)c1. The van der Waals surface area contributed by atoms with E-state index in [0.29, 0.717) is 5.75 Å². The van der Waals surface area contributed by atoms with Gasteiger partial charge in [-0.2, -0.15) is 0 Å². The number of aliphatic hydroxyl groups excluding tert-OH is 1. The van der Waals surface area contributed by atoms with Crippen LogP contribution in [0.25, 0.3) is 0 Å². The molecule has 13 heavy (non-hydrogen) atoms. The van der Waals surface area contributed by atoms with Gasteiger partial charge in [-0.25, -0.2) is 0 Å². The van der Waals surface area contributed by atoms with Gasteiger partial charge in [0.05, 0.1) is 6.61 Å². The Morgan fingerprint density at radius 2 is 2.31 bits per heavy atom. The summed E-state index contributed by atoms with van der Waals surface area (Å²) in [6.07, 6.45) is 0. The van der Waals surface area contributed by atoms with Crippen molar-refractivity contribution < 1.29 is 5.11 Å². The van der Waals surface area contributed by atoms with Gasteiger partial charge in [0, 0.05) is 21.7 Å². The number of hydrogen-bond donors (Lipinski definition) is 2. The maximum atomic E-state index is 8.70. The van der Waals surface area contributed by atoms with Crippen molar-refractivity contribution in [1.82, 2.24) is 0 Å². The van der Waals surface area contributed by atoms with Crippen molar-refractivity contribution in [2.75, 3.05) is 12.4 Å². The lowest BCUT2D eigenvalue weighted by molar-refractivity contribution is 0.275. The monoisotopic (exact) mass is 217 g/mol. The number of aliphatic hydroxyl groups is 1. The third-order valence-corrected chi connectivity index (χ3v) is 2.91. The zero-order valence-electron chi connectivity index (χ0n) is 7.11. The van der Waals surface area contributed by atoms with E-state index >= 15 is 0 Å². The van der Waals surface area contributed by atoms with Crippen molar-refractivity contribution in [3.63, 3.8) is 0 Å². The first-order valence-electron chi connectivity index (χ1n) is 3.97. The quantitative estimate of drug-likeness (QED) is 0.756. The Bertz CT molecular complexity index is 270. The van der Waals surface area contributed by atoms with Gasteiger partial charge in [0.2, 0.25) is 0 Å². The lowest BCUT2D eigenvalue weighted by atomic mass is 10.4. The minimum atomic E-state index is -0.163. The zero-order valence-corrected chi connectivity index (χ0v) is 8.68. The highest BCUT2D eigenvalue weighted by Gasteiger charge is 2.01. The molecule has 0 aliphatic carbocycles. The number of thioether (sulfide) groups is 1. The van der Waals surface area contributed by atoms with Gasteiger partial charge in [-0.3, -0.25) is 0 Å². The Morgan fingerprint density at radius 3 is 2.92 bits per heavy atom.